The highest BCUT2D eigenvalue weighted by molar-refractivity contribution is 8.00. The molecular formula is C22H27N3O2S2. The summed E-state index contributed by atoms with van der Waals surface area (Å²) < 4.78 is 6.62. The van der Waals surface area contributed by atoms with Crippen molar-refractivity contribution in [1.29, 1.82) is 0 Å². The van der Waals surface area contributed by atoms with Crippen LogP contribution in [0, 0.1) is 6.92 Å². The van der Waals surface area contributed by atoms with E-state index in [1.54, 1.807) is 11.8 Å². The molecule has 0 bridgehead atoms. The molecule has 29 heavy (non-hydrogen) atoms. The maximum Gasteiger partial charge on any atom is 0.239 e. The lowest BCUT2D eigenvalue weighted by Gasteiger charge is -2.21. The van der Waals surface area contributed by atoms with Gasteiger partial charge >= 0.3 is 0 Å². The second-order valence-corrected chi connectivity index (χ2v) is 9.07. The van der Waals surface area contributed by atoms with Crippen LogP contribution in [0.2, 0.25) is 0 Å². The number of ether oxygens (including phenoxy) is 1. The number of anilines is 1. The van der Waals surface area contributed by atoms with Crippen molar-refractivity contribution in [3.8, 4) is 5.75 Å². The Balaban J connectivity index is 1.78. The summed E-state index contributed by atoms with van der Waals surface area (Å²) in [4.78, 5) is 22.8. The molecule has 0 radical (unpaired) electrons. The number of aryl methyl sites for hydroxylation is 1. The van der Waals surface area contributed by atoms with Crippen molar-refractivity contribution in [2.75, 3.05) is 44.4 Å². The smallest absolute Gasteiger partial charge is 0.239 e. The van der Waals surface area contributed by atoms with Crippen molar-refractivity contribution >= 4 is 44.4 Å². The second-order valence-electron chi connectivity index (χ2n) is 7.01. The van der Waals surface area contributed by atoms with Crippen LogP contribution in [0.25, 0.3) is 10.2 Å². The third kappa shape index (κ3) is 5.95. The van der Waals surface area contributed by atoms with Gasteiger partial charge in [0, 0.05) is 18.0 Å². The van der Waals surface area contributed by atoms with Gasteiger partial charge in [-0.1, -0.05) is 29.0 Å². The minimum Gasteiger partial charge on any atom is -0.494 e. The number of hydrogen-bond acceptors (Lipinski definition) is 6. The van der Waals surface area contributed by atoms with E-state index >= 15 is 0 Å². The van der Waals surface area contributed by atoms with Crippen molar-refractivity contribution < 1.29 is 9.53 Å². The fraction of sp³-hybridized carbons (Fsp3) is 0.364. The van der Waals surface area contributed by atoms with Gasteiger partial charge in [0.1, 0.15) is 5.75 Å². The van der Waals surface area contributed by atoms with E-state index in [0.29, 0.717) is 18.9 Å². The molecule has 5 nitrogen and oxygen atoms in total. The van der Waals surface area contributed by atoms with Gasteiger partial charge in [0.2, 0.25) is 5.91 Å². The molecule has 0 N–H and O–H groups in total. The minimum absolute atomic E-state index is 0.0708. The number of benzene rings is 2. The van der Waals surface area contributed by atoms with Gasteiger partial charge in [-0.2, -0.15) is 0 Å². The van der Waals surface area contributed by atoms with Crippen LogP contribution in [0.15, 0.2) is 47.4 Å². The lowest BCUT2D eigenvalue weighted by molar-refractivity contribution is -0.116. The number of likely N-dealkylation sites (N-methyl/N-ethyl adjacent to an activating group) is 1. The minimum atomic E-state index is 0.0708. The molecule has 0 atom stereocenters. The standard InChI is InChI=1S/C22H27N3O2S2/c1-5-27-17-8-11-19-20(14-17)29-22(23-19)25(13-12-24(3)4)21(26)15-28-18-9-6-16(2)7-10-18/h6-11,14H,5,12-13,15H2,1-4H3. The summed E-state index contributed by atoms with van der Waals surface area (Å²) in [6.07, 6.45) is 0. The normalized spacial score (nSPS) is 11.2. The SMILES string of the molecule is CCOc1ccc2nc(N(CCN(C)C)C(=O)CSc3ccc(C)cc3)sc2c1. The lowest BCUT2D eigenvalue weighted by Crippen LogP contribution is -2.37. The molecule has 0 aliphatic carbocycles. The molecule has 0 spiro atoms. The van der Waals surface area contributed by atoms with Gasteiger partial charge in [0.05, 0.1) is 22.6 Å². The number of rotatable bonds is 9. The third-order valence-corrected chi connectivity index (χ3v) is 6.38. The van der Waals surface area contributed by atoms with E-state index in [4.69, 9.17) is 9.72 Å². The zero-order chi connectivity index (χ0) is 20.8. The average Bonchev–Trinajstić information content (AvgIpc) is 3.10. The second kappa shape index (κ2) is 10.1. The van der Waals surface area contributed by atoms with Crippen molar-refractivity contribution in [3.05, 3.63) is 48.0 Å². The van der Waals surface area contributed by atoms with Gasteiger partial charge in [-0.3, -0.25) is 9.69 Å². The predicted octanol–water partition coefficient (Wildman–Crippen LogP) is 4.69. The Kier molecular flexibility index (Phi) is 7.52. The van der Waals surface area contributed by atoms with Gasteiger partial charge in [0.25, 0.3) is 0 Å². The molecule has 154 valence electrons. The van der Waals surface area contributed by atoms with Gasteiger partial charge in [-0.15, -0.1) is 11.8 Å². The van der Waals surface area contributed by atoms with E-state index in [0.717, 1.165) is 32.5 Å². The molecule has 2 aromatic carbocycles. The highest BCUT2D eigenvalue weighted by Gasteiger charge is 2.20. The summed E-state index contributed by atoms with van der Waals surface area (Å²) in [6.45, 7) is 6.04. The summed E-state index contributed by atoms with van der Waals surface area (Å²) in [5.41, 5.74) is 2.11. The highest BCUT2D eigenvalue weighted by Crippen LogP contribution is 2.32. The first-order valence-corrected chi connectivity index (χ1v) is 11.4. The molecule has 0 fully saturated rings. The summed E-state index contributed by atoms with van der Waals surface area (Å²) in [7, 11) is 4.02. The molecular weight excluding hydrogens is 402 g/mol. The fourth-order valence-corrected chi connectivity index (χ4v) is 4.56. The van der Waals surface area contributed by atoms with Crippen LogP contribution >= 0.6 is 23.1 Å². The average molecular weight is 430 g/mol. The molecule has 0 aliphatic rings. The summed E-state index contributed by atoms with van der Waals surface area (Å²) in [5, 5.41) is 0.741. The van der Waals surface area contributed by atoms with Crippen LogP contribution in [0.1, 0.15) is 12.5 Å². The van der Waals surface area contributed by atoms with Crippen molar-refractivity contribution in [1.82, 2.24) is 9.88 Å². The highest BCUT2D eigenvalue weighted by atomic mass is 32.2. The van der Waals surface area contributed by atoms with Crippen LogP contribution in [-0.2, 0) is 4.79 Å². The van der Waals surface area contributed by atoms with Gasteiger partial charge in [-0.05, 0) is 58.3 Å². The quantitative estimate of drug-likeness (QED) is 0.462. The maximum absolute atomic E-state index is 13.1. The molecule has 1 amide bonds. The topological polar surface area (TPSA) is 45.7 Å². The van der Waals surface area contributed by atoms with E-state index in [2.05, 4.69) is 36.1 Å². The van der Waals surface area contributed by atoms with Crippen LogP contribution in [0.3, 0.4) is 0 Å². The Labute approximate surface area is 180 Å². The van der Waals surface area contributed by atoms with E-state index in [1.165, 1.54) is 16.9 Å². The molecule has 1 aromatic heterocycles. The van der Waals surface area contributed by atoms with Gasteiger partial charge in [-0.25, -0.2) is 4.98 Å². The monoisotopic (exact) mass is 429 g/mol. The summed E-state index contributed by atoms with van der Waals surface area (Å²) in [5.74, 6) is 1.29. The van der Waals surface area contributed by atoms with E-state index < -0.39 is 0 Å². The number of thioether (sulfide) groups is 1. The molecule has 0 unspecified atom stereocenters. The number of amides is 1. The summed E-state index contributed by atoms with van der Waals surface area (Å²) >= 11 is 3.10. The van der Waals surface area contributed by atoms with E-state index in [9.17, 15) is 4.79 Å². The maximum atomic E-state index is 13.1. The van der Waals surface area contributed by atoms with Crippen LogP contribution in [-0.4, -0.2) is 55.3 Å². The largest absolute Gasteiger partial charge is 0.494 e. The number of carbonyl (C=O) groups excluding carboxylic acids is 1. The van der Waals surface area contributed by atoms with Crippen molar-refractivity contribution in [2.24, 2.45) is 0 Å². The molecule has 0 aliphatic heterocycles. The van der Waals surface area contributed by atoms with Crippen molar-refractivity contribution in [2.45, 2.75) is 18.7 Å². The Morgan fingerprint density at radius 1 is 1.14 bits per heavy atom. The number of hydrogen-bond donors (Lipinski definition) is 0. The molecule has 0 saturated carbocycles. The number of nitrogens with zero attached hydrogens (tertiary/aromatic N) is 3. The van der Waals surface area contributed by atoms with Gasteiger partial charge < -0.3 is 9.64 Å². The Bertz CT molecular complexity index is 954. The zero-order valence-corrected chi connectivity index (χ0v) is 19.0. The molecule has 1 heterocycles. The Hall–Kier alpha value is -2.09. The summed E-state index contributed by atoms with van der Waals surface area (Å²) in [6, 6.07) is 14.1. The Morgan fingerprint density at radius 2 is 1.90 bits per heavy atom. The van der Waals surface area contributed by atoms with Gasteiger partial charge in [0.15, 0.2) is 5.13 Å². The molecule has 3 aromatic rings. The van der Waals surface area contributed by atoms with E-state index in [1.807, 2.05) is 44.1 Å². The number of aromatic nitrogens is 1. The number of fused-ring (bicyclic) bond motifs is 1. The number of thiazole rings is 1. The van der Waals surface area contributed by atoms with Crippen LogP contribution in [0.5, 0.6) is 5.75 Å². The van der Waals surface area contributed by atoms with Crippen molar-refractivity contribution in [3.63, 3.8) is 0 Å². The molecule has 7 heteroatoms. The van der Waals surface area contributed by atoms with Crippen LogP contribution < -0.4 is 9.64 Å². The van der Waals surface area contributed by atoms with Crippen LogP contribution in [0.4, 0.5) is 5.13 Å². The Morgan fingerprint density at radius 3 is 2.59 bits per heavy atom. The first-order chi connectivity index (χ1) is 14.0. The number of carbonyl (C=O) groups is 1. The van der Waals surface area contributed by atoms with E-state index in [-0.39, 0.29) is 5.91 Å². The lowest BCUT2D eigenvalue weighted by atomic mass is 10.2. The molecule has 3 rings (SSSR count). The third-order valence-electron chi connectivity index (χ3n) is 4.35. The fourth-order valence-electron chi connectivity index (χ4n) is 2.75. The molecule has 0 saturated heterocycles. The zero-order valence-electron chi connectivity index (χ0n) is 17.3. The predicted molar refractivity (Wildman–Crippen MR) is 124 cm³/mol. The first-order valence-electron chi connectivity index (χ1n) is 9.64. The first kappa shape index (κ1) is 21.6.